The number of carbonyl (C=O) groups is 1. The first-order chi connectivity index (χ1) is 22.7. The summed E-state index contributed by atoms with van der Waals surface area (Å²) in [5, 5.41) is 16.7. The Balaban J connectivity index is 0.000000420. The van der Waals surface area contributed by atoms with E-state index in [2.05, 4.69) is 37.3 Å². The summed E-state index contributed by atoms with van der Waals surface area (Å²) >= 11 is 0. The maximum atomic E-state index is 13.5. The maximum absolute atomic E-state index is 13.5. The van der Waals surface area contributed by atoms with E-state index in [9.17, 15) is 14.7 Å². The Morgan fingerprint density at radius 2 is 1.89 bits per heavy atom. The van der Waals surface area contributed by atoms with Crippen molar-refractivity contribution >= 4 is 12.2 Å². The van der Waals surface area contributed by atoms with Crippen LogP contribution in [-0.4, -0.2) is 40.1 Å². The van der Waals surface area contributed by atoms with Gasteiger partial charge in [-0.1, -0.05) is 99.5 Å². The Bertz CT molecular complexity index is 1610. The van der Waals surface area contributed by atoms with Crippen molar-refractivity contribution in [3.63, 3.8) is 0 Å². The largest absolute Gasteiger partial charge is 0.397 e. The van der Waals surface area contributed by atoms with Crippen molar-refractivity contribution in [2.24, 2.45) is 22.9 Å². The molecule has 2 aromatic carbocycles. The number of hydrogen-bond acceptors (Lipinski definition) is 6. The van der Waals surface area contributed by atoms with Gasteiger partial charge in [-0.25, -0.2) is 4.98 Å². The highest BCUT2D eigenvalue weighted by Crippen LogP contribution is 2.43. The summed E-state index contributed by atoms with van der Waals surface area (Å²) in [7, 11) is 1.43. The number of rotatable bonds is 12. The normalized spacial score (nSPS) is 19.3. The number of allylic oxidation sites excluding steroid dienone is 2. The first kappa shape index (κ1) is 35.8. The Kier molecular flexibility index (Phi) is 13.1. The van der Waals surface area contributed by atoms with Gasteiger partial charge in [-0.3, -0.25) is 14.2 Å². The van der Waals surface area contributed by atoms with Gasteiger partial charge >= 0.3 is 0 Å². The molecular weight excluding hydrogens is 588 g/mol. The molecule has 2 bridgehead atoms. The lowest BCUT2D eigenvalue weighted by Gasteiger charge is -2.17. The molecule has 47 heavy (non-hydrogen) atoms. The van der Waals surface area contributed by atoms with E-state index in [0.29, 0.717) is 36.5 Å². The standard InChI is InChI=1S/C29H36N4O4.C10H16/c1-5-7-12-27-26(29(36)33(20(3)31-27)18-23(35)6-2)17-21-13-15-22(16-14-21)24-10-8-9-11-25(24)28(30-19-34)32-37-4;1-7-3-9-5-8(2)10(4-7)6-9/h8-11,13-16,19,23,35H,5-7,12,17-18H2,1-4H3,(H,30,32,34);4,7-9H,3,5-6H2,1-2H3. The minimum absolute atomic E-state index is 0.0825. The zero-order valence-electron chi connectivity index (χ0n) is 29.0. The second kappa shape index (κ2) is 17.2. The third-order valence-corrected chi connectivity index (χ3v) is 9.42. The number of oxime groups is 1. The highest BCUT2D eigenvalue weighted by Gasteiger charge is 2.30. The van der Waals surface area contributed by atoms with Gasteiger partial charge in [0.25, 0.3) is 5.56 Å². The van der Waals surface area contributed by atoms with Gasteiger partial charge in [-0.05, 0) is 79.9 Å². The quantitative estimate of drug-likeness (QED) is 0.0731. The molecule has 1 heterocycles. The minimum Gasteiger partial charge on any atom is -0.397 e. The summed E-state index contributed by atoms with van der Waals surface area (Å²) in [4.78, 5) is 34.3. The summed E-state index contributed by atoms with van der Waals surface area (Å²) in [6.07, 6.45) is 10.6. The summed E-state index contributed by atoms with van der Waals surface area (Å²) in [6.45, 7) is 10.8. The third kappa shape index (κ3) is 9.28. The second-order valence-electron chi connectivity index (χ2n) is 13.1. The number of nitrogens with zero attached hydrogens (tertiary/aromatic N) is 3. The molecule has 2 aliphatic carbocycles. The van der Waals surface area contributed by atoms with Gasteiger partial charge in [0.2, 0.25) is 6.41 Å². The fourth-order valence-electron chi connectivity index (χ4n) is 6.93. The number of hydrogen-bond donors (Lipinski definition) is 2. The van der Waals surface area contributed by atoms with Crippen LogP contribution >= 0.6 is 0 Å². The predicted molar refractivity (Wildman–Crippen MR) is 189 cm³/mol. The van der Waals surface area contributed by atoms with Crippen LogP contribution in [0.5, 0.6) is 0 Å². The van der Waals surface area contributed by atoms with Crippen LogP contribution in [0.15, 0.2) is 70.1 Å². The molecule has 1 saturated carbocycles. The molecule has 252 valence electrons. The highest BCUT2D eigenvalue weighted by molar-refractivity contribution is 6.08. The number of amides is 1. The van der Waals surface area contributed by atoms with E-state index >= 15 is 0 Å². The number of nitrogens with one attached hydrogen (secondary N) is 1. The van der Waals surface area contributed by atoms with Crippen molar-refractivity contribution in [2.75, 3.05) is 7.11 Å². The Morgan fingerprint density at radius 1 is 1.15 bits per heavy atom. The molecule has 8 heteroatoms. The van der Waals surface area contributed by atoms with E-state index in [1.54, 1.807) is 10.1 Å². The Morgan fingerprint density at radius 3 is 2.55 bits per heavy atom. The van der Waals surface area contributed by atoms with E-state index < -0.39 is 6.10 Å². The minimum atomic E-state index is -0.591. The van der Waals surface area contributed by atoms with E-state index in [1.807, 2.05) is 62.4 Å². The van der Waals surface area contributed by atoms with Crippen LogP contribution < -0.4 is 10.9 Å². The second-order valence-corrected chi connectivity index (χ2v) is 13.1. The third-order valence-electron chi connectivity index (χ3n) is 9.42. The van der Waals surface area contributed by atoms with Crippen LogP contribution in [0.2, 0.25) is 0 Å². The first-order valence-corrected chi connectivity index (χ1v) is 17.2. The van der Waals surface area contributed by atoms with Crippen LogP contribution in [-0.2, 0) is 29.0 Å². The average Bonchev–Trinajstić information content (AvgIpc) is 3.34. The van der Waals surface area contributed by atoms with E-state index in [4.69, 9.17) is 9.82 Å². The molecule has 0 saturated heterocycles. The number of aryl methyl sites for hydroxylation is 2. The molecule has 5 rings (SSSR count). The van der Waals surface area contributed by atoms with Crippen LogP contribution in [0.1, 0.15) is 94.4 Å². The molecule has 0 spiro atoms. The number of carbonyl (C=O) groups excluding carboxylic acids is 1. The Labute approximate surface area is 280 Å². The molecule has 2 N–H and O–H groups in total. The van der Waals surface area contributed by atoms with Gasteiger partial charge < -0.3 is 15.3 Å². The number of aliphatic hydroxyl groups excluding tert-OH is 1. The molecule has 0 radical (unpaired) electrons. The lowest BCUT2D eigenvalue weighted by Crippen LogP contribution is -2.33. The smallest absolute Gasteiger partial charge is 0.257 e. The summed E-state index contributed by atoms with van der Waals surface area (Å²) in [5.74, 6) is 3.79. The van der Waals surface area contributed by atoms with Crippen LogP contribution in [0.3, 0.4) is 0 Å². The van der Waals surface area contributed by atoms with Gasteiger partial charge in [0, 0.05) is 17.5 Å². The number of aromatic nitrogens is 2. The number of amidine groups is 1. The van der Waals surface area contributed by atoms with E-state index in [0.717, 1.165) is 65.0 Å². The van der Waals surface area contributed by atoms with Gasteiger partial charge in [0.05, 0.1) is 18.3 Å². The summed E-state index contributed by atoms with van der Waals surface area (Å²) in [5.41, 5.74) is 6.72. The van der Waals surface area contributed by atoms with Crippen LogP contribution in [0, 0.1) is 24.7 Å². The Hall–Kier alpha value is -4.04. The predicted octanol–water partition coefficient (Wildman–Crippen LogP) is 6.98. The van der Waals surface area contributed by atoms with Gasteiger partial charge in [-0.15, -0.1) is 0 Å². The van der Waals surface area contributed by atoms with Gasteiger partial charge in [-0.2, -0.15) is 0 Å². The lowest BCUT2D eigenvalue weighted by atomic mass is 9.89. The zero-order chi connectivity index (χ0) is 33.9. The molecule has 0 aliphatic heterocycles. The van der Waals surface area contributed by atoms with Crippen LogP contribution in [0.4, 0.5) is 0 Å². The lowest BCUT2D eigenvalue weighted by molar-refractivity contribution is -0.108. The monoisotopic (exact) mass is 640 g/mol. The van der Waals surface area contributed by atoms with E-state index in [-0.39, 0.29) is 12.1 Å². The number of fused-ring (bicyclic) bond motifs is 2. The average molecular weight is 641 g/mol. The van der Waals surface area contributed by atoms with Crippen LogP contribution in [0.25, 0.3) is 11.1 Å². The van der Waals surface area contributed by atoms with Gasteiger partial charge in [0.1, 0.15) is 12.9 Å². The highest BCUT2D eigenvalue weighted by atomic mass is 16.6. The number of aliphatic hydroxyl groups is 1. The van der Waals surface area contributed by atoms with Crippen molar-refractivity contribution in [1.29, 1.82) is 0 Å². The topological polar surface area (TPSA) is 106 Å². The molecule has 4 unspecified atom stereocenters. The van der Waals surface area contributed by atoms with Crippen molar-refractivity contribution in [1.82, 2.24) is 14.9 Å². The summed E-state index contributed by atoms with van der Waals surface area (Å²) < 4.78 is 1.60. The van der Waals surface area contributed by atoms with Gasteiger partial charge in [0.15, 0.2) is 5.84 Å². The fraction of sp³-hybridized carbons (Fsp3) is 0.487. The molecule has 1 fully saturated rings. The molecule has 4 atom stereocenters. The fourth-order valence-corrected chi connectivity index (χ4v) is 6.93. The summed E-state index contributed by atoms with van der Waals surface area (Å²) in [6, 6.07) is 15.6. The molecule has 3 aromatic rings. The molecular formula is C39H52N4O4. The van der Waals surface area contributed by atoms with Crippen molar-refractivity contribution < 1.29 is 14.7 Å². The number of unbranched alkanes of at least 4 members (excludes halogenated alkanes) is 1. The molecule has 1 aromatic heterocycles. The molecule has 2 aliphatic rings. The molecule has 1 amide bonds. The number of benzene rings is 2. The van der Waals surface area contributed by atoms with E-state index in [1.165, 1.54) is 26.4 Å². The zero-order valence-corrected chi connectivity index (χ0v) is 29.0. The maximum Gasteiger partial charge on any atom is 0.257 e. The molecule has 8 nitrogen and oxygen atoms in total. The van der Waals surface area contributed by atoms with Crippen molar-refractivity contribution in [3.05, 3.63) is 98.7 Å². The van der Waals surface area contributed by atoms with Crippen molar-refractivity contribution in [3.8, 4) is 11.1 Å². The SMILES string of the molecule is CC1C=C2CC(C1)CC2C.CCCCc1nc(C)n(CC(O)CC)c(=O)c1Cc1ccc(-c2ccccc2/C(=N/OC)NC=O)cc1. The van der Waals surface area contributed by atoms with Crippen molar-refractivity contribution in [2.45, 2.75) is 98.6 Å². The first-order valence-electron chi connectivity index (χ1n) is 17.2.